The third-order valence-corrected chi connectivity index (χ3v) is 3.80. The van der Waals surface area contributed by atoms with Crippen molar-refractivity contribution in [2.24, 2.45) is 0 Å². The molecule has 0 aromatic carbocycles. The summed E-state index contributed by atoms with van der Waals surface area (Å²) in [5, 5.41) is 6.88. The maximum atomic E-state index is 12.2. The maximum Gasteiger partial charge on any atom is 0.317 e. The molecular weight excluding hydrogens is 258 g/mol. The second-order valence-electron chi connectivity index (χ2n) is 5.45. The second-order valence-corrected chi connectivity index (χ2v) is 5.45. The van der Waals surface area contributed by atoms with Crippen LogP contribution in [0.1, 0.15) is 36.8 Å². The van der Waals surface area contributed by atoms with E-state index in [9.17, 15) is 4.79 Å². The van der Waals surface area contributed by atoms with E-state index >= 15 is 0 Å². The zero-order valence-electron chi connectivity index (χ0n) is 12.6. The lowest BCUT2D eigenvalue weighted by Crippen LogP contribution is -2.46. The zero-order valence-corrected chi connectivity index (χ0v) is 12.6. The van der Waals surface area contributed by atoms with Crippen LogP contribution in [0.4, 0.5) is 4.79 Å². The van der Waals surface area contributed by atoms with E-state index in [0.29, 0.717) is 6.54 Å². The third kappa shape index (κ3) is 3.30. The van der Waals surface area contributed by atoms with Gasteiger partial charge in [-0.15, -0.1) is 0 Å². The molecule has 2 heterocycles. The zero-order chi connectivity index (χ0) is 14.7. The number of carbonyl (C=O) groups is 1. The summed E-state index contributed by atoms with van der Waals surface area (Å²) in [6.07, 6.45) is 2.21. The van der Waals surface area contributed by atoms with Crippen molar-refractivity contribution in [1.82, 2.24) is 15.4 Å². The third-order valence-electron chi connectivity index (χ3n) is 3.80. The molecule has 1 saturated heterocycles. The Morgan fingerprint density at radius 3 is 2.85 bits per heavy atom. The Kier molecular flexibility index (Phi) is 4.65. The van der Waals surface area contributed by atoms with Crippen molar-refractivity contribution in [3.8, 4) is 0 Å². The molecule has 0 radical (unpaired) electrons. The summed E-state index contributed by atoms with van der Waals surface area (Å²) in [6, 6.07) is -0.0786. The van der Waals surface area contributed by atoms with Gasteiger partial charge in [-0.1, -0.05) is 5.16 Å². The summed E-state index contributed by atoms with van der Waals surface area (Å²) in [4.78, 5) is 13.8. The number of aryl methyl sites for hydroxylation is 2. The minimum Gasteiger partial charge on any atom is -0.376 e. The highest BCUT2D eigenvalue weighted by molar-refractivity contribution is 5.74. The Bertz CT molecular complexity index is 447. The van der Waals surface area contributed by atoms with Gasteiger partial charge in [-0.25, -0.2) is 4.79 Å². The summed E-state index contributed by atoms with van der Waals surface area (Å²) in [7, 11) is 1.77. The fourth-order valence-corrected chi connectivity index (χ4v) is 2.43. The van der Waals surface area contributed by atoms with Crippen LogP contribution < -0.4 is 5.32 Å². The summed E-state index contributed by atoms with van der Waals surface area (Å²) < 4.78 is 10.7. The smallest absolute Gasteiger partial charge is 0.317 e. The summed E-state index contributed by atoms with van der Waals surface area (Å²) >= 11 is 0. The molecule has 1 fully saturated rings. The molecule has 2 rings (SSSR count). The van der Waals surface area contributed by atoms with Gasteiger partial charge in [0.15, 0.2) is 0 Å². The van der Waals surface area contributed by atoms with E-state index in [2.05, 4.69) is 10.5 Å². The van der Waals surface area contributed by atoms with E-state index in [0.717, 1.165) is 36.5 Å². The highest BCUT2D eigenvalue weighted by Crippen LogP contribution is 2.17. The van der Waals surface area contributed by atoms with E-state index in [1.165, 1.54) is 0 Å². The Hall–Kier alpha value is -1.56. The van der Waals surface area contributed by atoms with Gasteiger partial charge < -0.3 is 19.5 Å². The van der Waals surface area contributed by atoms with Crippen molar-refractivity contribution < 1.29 is 14.1 Å². The van der Waals surface area contributed by atoms with Gasteiger partial charge in [0.1, 0.15) is 5.76 Å². The first-order valence-corrected chi connectivity index (χ1v) is 7.04. The molecule has 0 saturated carbocycles. The van der Waals surface area contributed by atoms with Crippen LogP contribution in [0.5, 0.6) is 0 Å². The van der Waals surface area contributed by atoms with Crippen LogP contribution in [0.3, 0.4) is 0 Å². The summed E-state index contributed by atoms with van der Waals surface area (Å²) in [5.74, 6) is 0.759. The monoisotopic (exact) mass is 281 g/mol. The van der Waals surface area contributed by atoms with E-state index in [1.807, 2.05) is 20.8 Å². The van der Waals surface area contributed by atoms with Gasteiger partial charge in [-0.3, -0.25) is 0 Å². The molecule has 6 nitrogen and oxygen atoms in total. The van der Waals surface area contributed by atoms with Crippen molar-refractivity contribution in [2.75, 3.05) is 13.7 Å². The molecule has 0 aliphatic carbocycles. The van der Waals surface area contributed by atoms with Crippen molar-refractivity contribution >= 4 is 6.03 Å². The standard InChI is InChI=1S/C14H23N3O3/c1-9-12(11(3)20-16-9)8-17(4)14(18)15-10(2)13-6-5-7-19-13/h10,13H,5-8H2,1-4H3,(H,15,18). The number of urea groups is 1. The minimum absolute atomic E-state index is 0.0251. The lowest BCUT2D eigenvalue weighted by Gasteiger charge is -2.24. The van der Waals surface area contributed by atoms with Gasteiger partial charge in [0.2, 0.25) is 0 Å². The van der Waals surface area contributed by atoms with E-state index < -0.39 is 0 Å². The Morgan fingerprint density at radius 1 is 1.55 bits per heavy atom. The fourth-order valence-electron chi connectivity index (χ4n) is 2.43. The minimum atomic E-state index is -0.104. The fraction of sp³-hybridized carbons (Fsp3) is 0.714. The van der Waals surface area contributed by atoms with Crippen LogP contribution in [0, 0.1) is 13.8 Å². The lowest BCUT2D eigenvalue weighted by atomic mass is 10.1. The van der Waals surface area contributed by atoms with E-state index in [1.54, 1.807) is 11.9 Å². The quantitative estimate of drug-likeness (QED) is 0.916. The first-order valence-electron chi connectivity index (χ1n) is 7.04. The molecule has 1 N–H and O–H groups in total. The Balaban J connectivity index is 1.88. The van der Waals surface area contributed by atoms with Crippen molar-refractivity contribution in [3.63, 3.8) is 0 Å². The van der Waals surface area contributed by atoms with Crippen molar-refractivity contribution in [1.29, 1.82) is 0 Å². The van der Waals surface area contributed by atoms with Crippen LogP contribution in [0.2, 0.25) is 0 Å². The predicted molar refractivity (Wildman–Crippen MR) is 74.4 cm³/mol. The number of hydrogen-bond acceptors (Lipinski definition) is 4. The highest BCUT2D eigenvalue weighted by atomic mass is 16.5. The lowest BCUT2D eigenvalue weighted by molar-refractivity contribution is 0.0838. The molecule has 0 spiro atoms. The molecule has 2 atom stereocenters. The van der Waals surface area contributed by atoms with Gasteiger partial charge in [0.05, 0.1) is 24.4 Å². The average Bonchev–Trinajstić information content (AvgIpc) is 3.03. The molecule has 2 unspecified atom stereocenters. The van der Waals surface area contributed by atoms with Crippen LogP contribution in [0.15, 0.2) is 4.52 Å². The number of aromatic nitrogens is 1. The Morgan fingerprint density at radius 2 is 2.30 bits per heavy atom. The number of hydrogen-bond donors (Lipinski definition) is 1. The molecule has 1 aromatic heterocycles. The van der Waals surface area contributed by atoms with Gasteiger partial charge in [0.25, 0.3) is 0 Å². The molecule has 1 aliphatic rings. The Labute approximate surface area is 119 Å². The highest BCUT2D eigenvalue weighted by Gasteiger charge is 2.25. The molecule has 6 heteroatoms. The number of amides is 2. The van der Waals surface area contributed by atoms with Crippen LogP contribution >= 0.6 is 0 Å². The van der Waals surface area contributed by atoms with Crippen LogP contribution in [-0.4, -0.2) is 41.9 Å². The van der Waals surface area contributed by atoms with Gasteiger partial charge in [-0.05, 0) is 33.6 Å². The number of carbonyl (C=O) groups excluding carboxylic acids is 1. The molecule has 1 aromatic rings. The topological polar surface area (TPSA) is 67.6 Å². The van der Waals surface area contributed by atoms with Gasteiger partial charge >= 0.3 is 6.03 Å². The van der Waals surface area contributed by atoms with Crippen LogP contribution in [-0.2, 0) is 11.3 Å². The second kappa shape index (κ2) is 6.26. The van der Waals surface area contributed by atoms with Crippen molar-refractivity contribution in [3.05, 3.63) is 17.0 Å². The van der Waals surface area contributed by atoms with Crippen molar-refractivity contribution in [2.45, 2.75) is 52.3 Å². The summed E-state index contributed by atoms with van der Waals surface area (Å²) in [6.45, 7) is 7.01. The summed E-state index contributed by atoms with van der Waals surface area (Å²) in [5.41, 5.74) is 1.79. The largest absolute Gasteiger partial charge is 0.376 e. The molecule has 2 amide bonds. The first-order chi connectivity index (χ1) is 9.49. The van der Waals surface area contributed by atoms with Gasteiger partial charge in [0, 0.05) is 19.2 Å². The SMILES string of the molecule is Cc1noc(C)c1CN(C)C(=O)NC(C)C1CCCO1. The molecule has 20 heavy (non-hydrogen) atoms. The van der Waals surface area contributed by atoms with E-state index in [4.69, 9.17) is 9.26 Å². The molecule has 0 bridgehead atoms. The normalized spacial score (nSPS) is 19.9. The number of rotatable bonds is 4. The molecule has 1 aliphatic heterocycles. The average molecular weight is 281 g/mol. The molecular formula is C14H23N3O3. The van der Waals surface area contributed by atoms with Gasteiger partial charge in [-0.2, -0.15) is 0 Å². The number of nitrogens with zero attached hydrogens (tertiary/aromatic N) is 2. The van der Waals surface area contributed by atoms with E-state index in [-0.39, 0.29) is 18.2 Å². The molecule has 112 valence electrons. The van der Waals surface area contributed by atoms with Crippen LogP contribution in [0.25, 0.3) is 0 Å². The predicted octanol–water partition coefficient (Wildman–Crippen LogP) is 2.00. The maximum absolute atomic E-state index is 12.2. The number of ether oxygens (including phenoxy) is 1. The first kappa shape index (κ1) is 14.8. The number of nitrogens with one attached hydrogen (secondary N) is 1.